The molecule has 0 heterocycles. The highest BCUT2D eigenvalue weighted by Crippen LogP contribution is 2.30. The summed E-state index contributed by atoms with van der Waals surface area (Å²) in [7, 11) is 5.25. The van der Waals surface area contributed by atoms with Gasteiger partial charge in [0.05, 0.1) is 20.3 Å². The summed E-state index contributed by atoms with van der Waals surface area (Å²) in [4.78, 5) is 26.6. The van der Waals surface area contributed by atoms with Crippen molar-refractivity contribution in [3.8, 4) is 11.5 Å². The molecule has 0 saturated heterocycles. The number of quaternary nitrogens is 1. The van der Waals surface area contributed by atoms with Gasteiger partial charge in [-0.3, -0.25) is 9.59 Å². The number of likely N-dealkylation sites (N-methyl/N-ethyl adjacent to an activating group) is 2. The summed E-state index contributed by atoms with van der Waals surface area (Å²) in [6, 6.07) is 5.00. The zero-order chi connectivity index (χ0) is 19.0. The van der Waals surface area contributed by atoms with E-state index in [0.717, 1.165) is 4.90 Å². The lowest BCUT2D eigenvalue weighted by Crippen LogP contribution is -3.15. The Labute approximate surface area is 149 Å². The van der Waals surface area contributed by atoms with Crippen molar-refractivity contribution in [3.63, 3.8) is 0 Å². The molecule has 0 bridgehead atoms. The maximum Gasteiger partial charge on any atom is 0.280 e. The first-order valence-corrected chi connectivity index (χ1v) is 8.53. The van der Waals surface area contributed by atoms with Crippen LogP contribution in [-0.4, -0.2) is 63.7 Å². The number of nitrogens with zero attached hydrogens (tertiary/aromatic N) is 1. The van der Waals surface area contributed by atoms with Gasteiger partial charge in [-0.15, -0.1) is 0 Å². The van der Waals surface area contributed by atoms with Crippen LogP contribution in [0.15, 0.2) is 18.2 Å². The van der Waals surface area contributed by atoms with Crippen LogP contribution in [0.4, 0.5) is 5.69 Å². The Morgan fingerprint density at radius 2 is 1.76 bits per heavy atom. The lowest BCUT2D eigenvalue weighted by Gasteiger charge is -2.23. The van der Waals surface area contributed by atoms with E-state index in [2.05, 4.69) is 5.32 Å². The number of hydrogen-bond donors (Lipinski definition) is 2. The first-order chi connectivity index (χ1) is 11.8. The molecule has 0 saturated carbocycles. The third-order valence-electron chi connectivity index (χ3n) is 3.82. The highest BCUT2D eigenvalue weighted by atomic mass is 16.5. The third kappa shape index (κ3) is 6.26. The maximum absolute atomic E-state index is 12.3. The standard InChI is InChI=1S/C18H29N3O4/c1-7-24-15-10-9-14(11-16(15)25-8-2)19-17(22)12-21(6)13(3)18(23)20(4)5/h9-11,13H,7-8,12H2,1-6H3,(H,19,22)/p+1/t13-/m0/s1. The summed E-state index contributed by atoms with van der Waals surface area (Å²) in [5.74, 6) is 1.07. The molecule has 1 rings (SSSR count). The number of anilines is 1. The van der Waals surface area contributed by atoms with Crippen LogP contribution in [-0.2, 0) is 9.59 Å². The minimum atomic E-state index is -0.292. The second-order valence-electron chi connectivity index (χ2n) is 6.05. The average Bonchev–Trinajstić information content (AvgIpc) is 2.55. The SMILES string of the molecule is CCOc1ccc(NC(=O)C[NH+](C)[C@@H](C)C(=O)N(C)C)cc1OCC. The number of amides is 2. The maximum atomic E-state index is 12.3. The number of nitrogens with one attached hydrogen (secondary N) is 2. The Hall–Kier alpha value is -2.28. The van der Waals surface area contributed by atoms with Gasteiger partial charge in [-0.05, 0) is 32.9 Å². The van der Waals surface area contributed by atoms with Crippen LogP contribution in [0.1, 0.15) is 20.8 Å². The molecule has 0 radical (unpaired) electrons. The van der Waals surface area contributed by atoms with Gasteiger partial charge < -0.3 is 24.6 Å². The number of benzene rings is 1. The molecular weight excluding hydrogens is 322 g/mol. The van der Waals surface area contributed by atoms with Crippen LogP contribution in [0.25, 0.3) is 0 Å². The highest BCUT2D eigenvalue weighted by Gasteiger charge is 2.25. The van der Waals surface area contributed by atoms with Crippen LogP contribution < -0.4 is 19.7 Å². The molecule has 7 nitrogen and oxygen atoms in total. The molecule has 0 aliphatic heterocycles. The van der Waals surface area contributed by atoms with Crippen LogP contribution in [0.2, 0.25) is 0 Å². The number of carbonyl (C=O) groups excluding carboxylic acids is 2. The molecule has 7 heteroatoms. The summed E-state index contributed by atoms with van der Waals surface area (Å²) in [5, 5.41) is 2.84. The minimum absolute atomic E-state index is 0.00926. The monoisotopic (exact) mass is 352 g/mol. The molecular formula is C18H30N3O4+. The van der Waals surface area contributed by atoms with Gasteiger partial charge in [0.1, 0.15) is 0 Å². The molecule has 0 fully saturated rings. The molecule has 1 aromatic rings. The average molecular weight is 352 g/mol. The van der Waals surface area contributed by atoms with E-state index in [4.69, 9.17) is 9.47 Å². The molecule has 140 valence electrons. The predicted octanol–water partition coefficient (Wildman–Crippen LogP) is 0.414. The topological polar surface area (TPSA) is 72.3 Å². The minimum Gasteiger partial charge on any atom is -0.490 e. The Bertz CT molecular complexity index is 590. The van der Waals surface area contributed by atoms with Crippen molar-refractivity contribution in [2.24, 2.45) is 0 Å². The van der Waals surface area contributed by atoms with Crippen molar-refractivity contribution in [1.82, 2.24) is 4.90 Å². The molecule has 1 aromatic carbocycles. The van der Waals surface area contributed by atoms with Crippen molar-refractivity contribution in [1.29, 1.82) is 0 Å². The van der Waals surface area contributed by atoms with Gasteiger partial charge in [-0.1, -0.05) is 0 Å². The van der Waals surface area contributed by atoms with Gasteiger partial charge in [0.2, 0.25) is 0 Å². The molecule has 0 aliphatic carbocycles. The quantitative estimate of drug-likeness (QED) is 0.675. The molecule has 2 amide bonds. The number of rotatable bonds is 9. The summed E-state index contributed by atoms with van der Waals surface area (Å²) in [6.45, 7) is 6.85. The van der Waals surface area contributed by atoms with Gasteiger partial charge in [0.25, 0.3) is 11.8 Å². The fourth-order valence-electron chi connectivity index (χ4n) is 2.34. The molecule has 2 N–H and O–H groups in total. The Morgan fingerprint density at radius 1 is 1.16 bits per heavy atom. The Morgan fingerprint density at radius 3 is 2.32 bits per heavy atom. The molecule has 0 aliphatic rings. The first kappa shape index (κ1) is 20.8. The third-order valence-corrected chi connectivity index (χ3v) is 3.82. The van der Waals surface area contributed by atoms with Crippen molar-refractivity contribution in [2.45, 2.75) is 26.8 Å². The van der Waals surface area contributed by atoms with E-state index in [1.807, 2.05) is 27.8 Å². The van der Waals surface area contributed by atoms with Crippen LogP contribution >= 0.6 is 0 Å². The lowest BCUT2D eigenvalue weighted by atomic mass is 10.2. The summed E-state index contributed by atoms with van der Waals surface area (Å²) in [6.07, 6.45) is 0. The fraction of sp³-hybridized carbons (Fsp3) is 0.556. The number of hydrogen-bond acceptors (Lipinski definition) is 4. The van der Waals surface area contributed by atoms with Gasteiger partial charge in [-0.2, -0.15) is 0 Å². The lowest BCUT2D eigenvalue weighted by molar-refractivity contribution is -0.886. The van der Waals surface area contributed by atoms with E-state index in [-0.39, 0.29) is 24.4 Å². The molecule has 2 atom stereocenters. The second-order valence-corrected chi connectivity index (χ2v) is 6.05. The first-order valence-electron chi connectivity index (χ1n) is 8.53. The Kier molecular flexibility index (Phi) is 8.21. The van der Waals surface area contributed by atoms with E-state index in [9.17, 15) is 9.59 Å². The van der Waals surface area contributed by atoms with Crippen LogP contribution in [0.5, 0.6) is 11.5 Å². The van der Waals surface area contributed by atoms with E-state index in [1.165, 1.54) is 4.90 Å². The van der Waals surface area contributed by atoms with E-state index >= 15 is 0 Å². The summed E-state index contributed by atoms with van der Waals surface area (Å²) in [5.41, 5.74) is 0.635. The van der Waals surface area contributed by atoms with E-state index in [1.54, 1.807) is 32.3 Å². The zero-order valence-corrected chi connectivity index (χ0v) is 16.0. The van der Waals surface area contributed by atoms with Crippen LogP contribution in [0, 0.1) is 0 Å². The van der Waals surface area contributed by atoms with Crippen LogP contribution in [0.3, 0.4) is 0 Å². The Balaban J connectivity index is 2.73. The summed E-state index contributed by atoms with van der Waals surface area (Å²) < 4.78 is 11.1. The molecule has 0 spiro atoms. The second kappa shape index (κ2) is 9.88. The largest absolute Gasteiger partial charge is 0.490 e. The van der Waals surface area contributed by atoms with Gasteiger partial charge in [0, 0.05) is 25.8 Å². The van der Waals surface area contributed by atoms with Gasteiger partial charge in [-0.25, -0.2) is 0 Å². The smallest absolute Gasteiger partial charge is 0.280 e. The molecule has 0 aromatic heterocycles. The van der Waals surface area contributed by atoms with E-state index < -0.39 is 0 Å². The van der Waals surface area contributed by atoms with Crippen molar-refractivity contribution < 1.29 is 24.0 Å². The number of carbonyl (C=O) groups is 2. The summed E-state index contributed by atoms with van der Waals surface area (Å²) >= 11 is 0. The molecule has 1 unspecified atom stereocenters. The predicted molar refractivity (Wildman–Crippen MR) is 97.3 cm³/mol. The van der Waals surface area contributed by atoms with Crippen molar-refractivity contribution >= 4 is 17.5 Å². The normalized spacial score (nSPS) is 12.9. The number of ether oxygens (including phenoxy) is 2. The molecule has 25 heavy (non-hydrogen) atoms. The zero-order valence-electron chi connectivity index (χ0n) is 16.0. The fourth-order valence-corrected chi connectivity index (χ4v) is 2.34. The van der Waals surface area contributed by atoms with E-state index in [0.29, 0.717) is 30.4 Å². The van der Waals surface area contributed by atoms with Crippen molar-refractivity contribution in [2.75, 3.05) is 46.2 Å². The van der Waals surface area contributed by atoms with Gasteiger partial charge in [0.15, 0.2) is 24.1 Å². The highest BCUT2D eigenvalue weighted by molar-refractivity contribution is 5.92. The van der Waals surface area contributed by atoms with Gasteiger partial charge >= 0.3 is 0 Å². The van der Waals surface area contributed by atoms with Crippen molar-refractivity contribution in [3.05, 3.63) is 18.2 Å².